The zero-order valence-electron chi connectivity index (χ0n) is 8.70. The van der Waals surface area contributed by atoms with Crippen LogP contribution < -0.4 is 0 Å². The summed E-state index contributed by atoms with van der Waals surface area (Å²) in [7, 11) is 0. The third kappa shape index (κ3) is 3.90. The summed E-state index contributed by atoms with van der Waals surface area (Å²) in [5.74, 6) is 0. The Labute approximate surface area is 85.5 Å². The van der Waals surface area contributed by atoms with Crippen LogP contribution in [0.15, 0.2) is 24.3 Å². The molecule has 0 saturated carbocycles. The van der Waals surface area contributed by atoms with Crippen LogP contribution in [0, 0.1) is 0 Å². The second-order valence-corrected chi connectivity index (χ2v) is 3.50. The molecule has 1 N–H and O–H groups in total. The van der Waals surface area contributed by atoms with Gasteiger partial charge in [-0.25, -0.2) is 4.89 Å². The summed E-state index contributed by atoms with van der Waals surface area (Å²) in [5.41, 5.74) is 2.71. The lowest BCUT2D eigenvalue weighted by Gasteiger charge is -2.02. The van der Waals surface area contributed by atoms with Crippen molar-refractivity contribution in [3.05, 3.63) is 35.4 Å². The normalized spacial score (nSPS) is 10.4. The van der Waals surface area contributed by atoms with E-state index in [-0.39, 0.29) is 0 Å². The van der Waals surface area contributed by atoms with Crippen molar-refractivity contribution >= 4 is 0 Å². The molecule has 0 fully saturated rings. The van der Waals surface area contributed by atoms with Crippen LogP contribution in [0.5, 0.6) is 0 Å². The van der Waals surface area contributed by atoms with Crippen LogP contribution in [0.25, 0.3) is 0 Å². The molecule has 1 rings (SSSR count). The Hall–Kier alpha value is -0.860. The Morgan fingerprint density at radius 1 is 1.07 bits per heavy atom. The molecule has 0 atom stereocenters. The van der Waals surface area contributed by atoms with E-state index in [9.17, 15) is 0 Å². The molecule has 1 aromatic rings. The first-order valence-corrected chi connectivity index (χ1v) is 5.21. The number of hydrogen-bond acceptors (Lipinski definition) is 2. The van der Waals surface area contributed by atoms with Gasteiger partial charge in [-0.1, -0.05) is 37.6 Å². The molecule has 2 nitrogen and oxygen atoms in total. The lowest BCUT2D eigenvalue weighted by atomic mass is 10.1. The number of aryl methyl sites for hydroxylation is 2. The Kier molecular flexibility index (Phi) is 5.27. The van der Waals surface area contributed by atoms with E-state index in [4.69, 9.17) is 5.26 Å². The van der Waals surface area contributed by atoms with Crippen molar-refractivity contribution in [1.82, 2.24) is 0 Å². The third-order valence-electron chi connectivity index (χ3n) is 2.26. The van der Waals surface area contributed by atoms with Gasteiger partial charge in [-0.15, -0.1) is 0 Å². The maximum atomic E-state index is 8.16. The van der Waals surface area contributed by atoms with Gasteiger partial charge in [-0.3, -0.25) is 5.26 Å². The van der Waals surface area contributed by atoms with E-state index in [0.29, 0.717) is 6.61 Å². The minimum Gasteiger partial charge on any atom is -0.252 e. The van der Waals surface area contributed by atoms with E-state index < -0.39 is 0 Å². The predicted molar refractivity (Wildman–Crippen MR) is 57.3 cm³/mol. The van der Waals surface area contributed by atoms with E-state index in [1.807, 2.05) is 0 Å². The Morgan fingerprint density at radius 3 is 2.14 bits per heavy atom. The molecule has 2 heteroatoms. The van der Waals surface area contributed by atoms with Crippen molar-refractivity contribution in [2.45, 2.75) is 32.6 Å². The molecule has 0 amide bonds. The lowest BCUT2D eigenvalue weighted by molar-refractivity contribution is -0.242. The van der Waals surface area contributed by atoms with E-state index in [2.05, 4.69) is 36.1 Å². The average molecular weight is 194 g/mol. The number of hydrogen-bond donors (Lipinski definition) is 1. The topological polar surface area (TPSA) is 29.5 Å². The molecule has 0 radical (unpaired) electrons. The Bertz CT molecular complexity index is 241. The molecule has 14 heavy (non-hydrogen) atoms. The Morgan fingerprint density at radius 2 is 1.64 bits per heavy atom. The van der Waals surface area contributed by atoms with Crippen LogP contribution in [0.4, 0.5) is 0 Å². The van der Waals surface area contributed by atoms with Crippen molar-refractivity contribution < 1.29 is 10.1 Å². The molecule has 0 aliphatic heterocycles. The maximum Gasteiger partial charge on any atom is 0.0822 e. The van der Waals surface area contributed by atoms with Gasteiger partial charge >= 0.3 is 0 Å². The predicted octanol–water partition coefficient (Wildman–Crippen LogP) is 3.06. The summed E-state index contributed by atoms with van der Waals surface area (Å²) in [6, 6.07) is 8.67. The molecule has 0 spiro atoms. The van der Waals surface area contributed by atoms with Gasteiger partial charge < -0.3 is 0 Å². The highest BCUT2D eigenvalue weighted by Gasteiger charge is 1.94. The highest BCUT2D eigenvalue weighted by molar-refractivity contribution is 5.22. The Balaban J connectivity index is 2.38. The van der Waals surface area contributed by atoms with E-state index >= 15 is 0 Å². The maximum absolute atomic E-state index is 8.16. The summed E-state index contributed by atoms with van der Waals surface area (Å²) in [4.78, 5) is 4.03. The van der Waals surface area contributed by atoms with Gasteiger partial charge in [0.1, 0.15) is 0 Å². The fraction of sp³-hybridized carbons (Fsp3) is 0.500. The van der Waals surface area contributed by atoms with Crippen LogP contribution in [0.3, 0.4) is 0 Å². The van der Waals surface area contributed by atoms with Crippen molar-refractivity contribution in [3.8, 4) is 0 Å². The molecule has 0 heterocycles. The fourth-order valence-electron chi connectivity index (χ4n) is 1.50. The lowest BCUT2D eigenvalue weighted by Crippen LogP contribution is -1.93. The molecular weight excluding hydrogens is 176 g/mol. The number of benzene rings is 1. The van der Waals surface area contributed by atoms with Gasteiger partial charge in [0.15, 0.2) is 0 Å². The highest BCUT2D eigenvalue weighted by Crippen LogP contribution is 2.08. The van der Waals surface area contributed by atoms with Crippen LogP contribution >= 0.6 is 0 Å². The largest absolute Gasteiger partial charge is 0.252 e. The van der Waals surface area contributed by atoms with Gasteiger partial charge in [0.05, 0.1) is 6.61 Å². The second-order valence-electron chi connectivity index (χ2n) is 3.50. The molecule has 0 aromatic heterocycles. The minimum absolute atomic E-state index is 0.413. The second kappa shape index (κ2) is 6.57. The summed E-state index contributed by atoms with van der Waals surface area (Å²) in [6.45, 7) is 2.60. The molecule has 78 valence electrons. The summed E-state index contributed by atoms with van der Waals surface area (Å²) in [6.07, 6.45) is 4.17. The molecule has 0 aliphatic carbocycles. The van der Waals surface area contributed by atoms with Gasteiger partial charge in [0, 0.05) is 0 Å². The molecule has 0 aliphatic rings. The van der Waals surface area contributed by atoms with Gasteiger partial charge in [-0.05, 0) is 30.4 Å². The standard InChI is InChI=1S/C12H18O2/c1-2-4-11-6-8-12(9-7-11)5-3-10-14-13/h6-9,13H,2-5,10H2,1H3. The monoisotopic (exact) mass is 194 g/mol. The first-order valence-electron chi connectivity index (χ1n) is 5.21. The zero-order valence-corrected chi connectivity index (χ0v) is 8.70. The summed E-state index contributed by atoms with van der Waals surface area (Å²) >= 11 is 0. The molecule has 0 saturated heterocycles. The first-order chi connectivity index (χ1) is 6.86. The van der Waals surface area contributed by atoms with Crippen LogP contribution in [-0.4, -0.2) is 11.9 Å². The van der Waals surface area contributed by atoms with Crippen molar-refractivity contribution in [2.24, 2.45) is 0 Å². The van der Waals surface area contributed by atoms with E-state index in [1.165, 1.54) is 17.5 Å². The summed E-state index contributed by atoms with van der Waals surface area (Å²) in [5, 5.41) is 8.16. The van der Waals surface area contributed by atoms with Crippen molar-refractivity contribution in [1.29, 1.82) is 0 Å². The van der Waals surface area contributed by atoms with Crippen molar-refractivity contribution in [3.63, 3.8) is 0 Å². The molecular formula is C12H18O2. The molecule has 0 unspecified atom stereocenters. The van der Waals surface area contributed by atoms with Gasteiger partial charge in [-0.2, -0.15) is 0 Å². The SMILES string of the molecule is CCCc1ccc(CCCOO)cc1. The van der Waals surface area contributed by atoms with Crippen molar-refractivity contribution in [2.75, 3.05) is 6.61 Å². The summed E-state index contributed by atoms with van der Waals surface area (Å²) < 4.78 is 0. The smallest absolute Gasteiger partial charge is 0.0822 e. The van der Waals surface area contributed by atoms with Crippen LogP contribution in [0.1, 0.15) is 30.9 Å². The first kappa shape index (κ1) is 11.2. The van der Waals surface area contributed by atoms with Gasteiger partial charge in [0.2, 0.25) is 0 Å². The van der Waals surface area contributed by atoms with Crippen LogP contribution in [-0.2, 0) is 17.7 Å². The molecule has 0 bridgehead atoms. The minimum atomic E-state index is 0.413. The quantitative estimate of drug-likeness (QED) is 0.428. The molecule has 1 aromatic carbocycles. The van der Waals surface area contributed by atoms with E-state index in [1.54, 1.807) is 0 Å². The zero-order chi connectivity index (χ0) is 10.2. The highest BCUT2D eigenvalue weighted by atomic mass is 17.1. The van der Waals surface area contributed by atoms with Crippen LogP contribution in [0.2, 0.25) is 0 Å². The average Bonchev–Trinajstić information content (AvgIpc) is 2.21. The van der Waals surface area contributed by atoms with Gasteiger partial charge in [0.25, 0.3) is 0 Å². The fourth-order valence-corrected chi connectivity index (χ4v) is 1.50. The van der Waals surface area contributed by atoms with E-state index in [0.717, 1.165) is 19.3 Å². The third-order valence-corrected chi connectivity index (χ3v) is 2.26. The number of rotatable bonds is 6.